The van der Waals surface area contributed by atoms with E-state index in [0.29, 0.717) is 62.6 Å². The lowest BCUT2D eigenvalue weighted by molar-refractivity contribution is 0.248. The van der Waals surface area contributed by atoms with Crippen molar-refractivity contribution in [3.8, 4) is 34.5 Å². The molecule has 4 saturated heterocycles. The van der Waals surface area contributed by atoms with Crippen molar-refractivity contribution < 1.29 is 42.6 Å². The van der Waals surface area contributed by atoms with Crippen LogP contribution < -0.4 is 23.7 Å². The van der Waals surface area contributed by atoms with Gasteiger partial charge in [-0.1, -0.05) is 24.3 Å². The first kappa shape index (κ1) is 25.0. The molecule has 8 rings (SSSR count). The topological polar surface area (TPSA) is 96.3 Å². The molecule has 212 valence electrons. The van der Waals surface area contributed by atoms with Gasteiger partial charge < -0.3 is 42.6 Å². The van der Waals surface area contributed by atoms with Gasteiger partial charge in [0.15, 0.2) is 23.0 Å². The summed E-state index contributed by atoms with van der Waals surface area (Å²) < 4.78 is 52.8. The molecule has 4 atom stereocenters. The lowest BCUT2D eigenvalue weighted by Crippen LogP contribution is -2.07. The summed E-state index contributed by atoms with van der Waals surface area (Å²) in [6.45, 7) is 4.77. The first-order chi connectivity index (χ1) is 20.2. The predicted molar refractivity (Wildman–Crippen MR) is 149 cm³/mol. The van der Waals surface area contributed by atoms with Crippen molar-refractivity contribution in [2.75, 3.05) is 52.9 Å². The van der Waals surface area contributed by atoms with Gasteiger partial charge in [-0.3, -0.25) is 0 Å². The first-order valence-corrected chi connectivity index (χ1v) is 14.0. The minimum absolute atomic E-state index is 0.0944. The Morgan fingerprint density at radius 1 is 0.488 bits per heavy atom. The van der Waals surface area contributed by atoms with Crippen LogP contribution in [0.3, 0.4) is 0 Å². The average Bonchev–Trinajstić information content (AvgIpc) is 3.83. The molecule has 0 saturated carbocycles. The zero-order valence-electron chi connectivity index (χ0n) is 22.4. The Bertz CT molecular complexity index is 1440. The Morgan fingerprint density at radius 3 is 1.24 bits per heavy atom. The zero-order chi connectivity index (χ0) is 27.2. The smallest absolute Gasteiger partial charge is 0.177 e. The summed E-state index contributed by atoms with van der Waals surface area (Å²) in [6, 6.07) is 19.9. The molecule has 4 unspecified atom stereocenters. The van der Waals surface area contributed by atoms with Crippen molar-refractivity contribution in [1.82, 2.24) is 0 Å². The third-order valence-corrected chi connectivity index (χ3v) is 7.35. The lowest BCUT2D eigenvalue weighted by atomic mass is 10.1. The molecule has 9 heteroatoms. The van der Waals surface area contributed by atoms with Crippen molar-refractivity contribution >= 4 is 21.5 Å². The van der Waals surface area contributed by atoms with E-state index in [-0.39, 0.29) is 24.4 Å². The second-order valence-electron chi connectivity index (χ2n) is 10.7. The Balaban J connectivity index is 1.21. The van der Waals surface area contributed by atoms with E-state index in [1.165, 1.54) is 0 Å². The molecule has 4 aliphatic heterocycles. The van der Waals surface area contributed by atoms with Gasteiger partial charge in [0.1, 0.15) is 62.3 Å². The molecule has 0 aliphatic carbocycles. The van der Waals surface area contributed by atoms with E-state index < -0.39 is 0 Å². The van der Waals surface area contributed by atoms with Gasteiger partial charge in [0, 0.05) is 10.8 Å². The number of benzene rings is 4. The van der Waals surface area contributed by atoms with E-state index >= 15 is 0 Å². The second-order valence-corrected chi connectivity index (χ2v) is 10.7. The molecule has 9 nitrogen and oxygen atoms in total. The van der Waals surface area contributed by atoms with Gasteiger partial charge in [-0.05, 0) is 47.2 Å². The lowest BCUT2D eigenvalue weighted by Gasteiger charge is -2.19. The van der Waals surface area contributed by atoms with Gasteiger partial charge in [0.2, 0.25) is 0 Å². The highest BCUT2D eigenvalue weighted by Crippen LogP contribution is 2.46. The van der Waals surface area contributed by atoms with Gasteiger partial charge >= 0.3 is 0 Å². The van der Waals surface area contributed by atoms with Crippen LogP contribution in [0.25, 0.3) is 21.5 Å². The molecule has 0 aromatic heterocycles. The third kappa shape index (κ3) is 5.99. The summed E-state index contributed by atoms with van der Waals surface area (Å²) >= 11 is 0. The van der Waals surface area contributed by atoms with Crippen molar-refractivity contribution in [1.29, 1.82) is 0 Å². The van der Waals surface area contributed by atoms with Gasteiger partial charge in [-0.15, -0.1) is 0 Å². The molecular weight excluding hydrogens is 528 g/mol. The number of rotatable bonds is 14. The largest absolute Gasteiger partial charge is 0.491 e. The summed E-state index contributed by atoms with van der Waals surface area (Å²) in [5, 5.41) is 3.71. The van der Waals surface area contributed by atoms with Crippen LogP contribution in [0.4, 0.5) is 0 Å². The minimum Gasteiger partial charge on any atom is -0.491 e. The SMILES string of the molecule is c1cc2ccc(OCC3CO3)c(Oc3c(OCC4CO4)ccc4ccc(OCC5CO5)cc34)c2cc1OCC1CO1. The monoisotopic (exact) mass is 558 g/mol. The predicted octanol–water partition coefficient (Wildman–Crippen LogP) is 4.90. The van der Waals surface area contributed by atoms with Crippen LogP contribution in [0, 0.1) is 0 Å². The second kappa shape index (κ2) is 10.6. The number of hydrogen-bond acceptors (Lipinski definition) is 9. The zero-order valence-corrected chi connectivity index (χ0v) is 22.4. The number of ether oxygens (including phenoxy) is 9. The molecule has 4 aromatic rings. The highest BCUT2D eigenvalue weighted by molar-refractivity contribution is 5.95. The van der Waals surface area contributed by atoms with Crippen molar-refractivity contribution in [2.45, 2.75) is 24.4 Å². The Morgan fingerprint density at radius 2 is 0.854 bits per heavy atom. The van der Waals surface area contributed by atoms with Gasteiger partial charge in [-0.2, -0.15) is 0 Å². The number of hydrogen-bond donors (Lipinski definition) is 0. The summed E-state index contributed by atoms with van der Waals surface area (Å²) in [5.74, 6) is 3.85. The molecule has 0 radical (unpaired) electrons. The normalized spacial score (nSPS) is 23.7. The quantitative estimate of drug-likeness (QED) is 0.200. The molecule has 4 heterocycles. The molecule has 4 aromatic carbocycles. The van der Waals surface area contributed by atoms with Crippen molar-refractivity contribution in [3.05, 3.63) is 60.7 Å². The van der Waals surface area contributed by atoms with Crippen LogP contribution in [-0.2, 0) is 18.9 Å². The van der Waals surface area contributed by atoms with Gasteiger partial charge in [-0.25, -0.2) is 0 Å². The third-order valence-electron chi connectivity index (χ3n) is 7.35. The summed E-state index contributed by atoms with van der Waals surface area (Å²) in [6.07, 6.45) is 0.500. The van der Waals surface area contributed by atoms with Crippen LogP contribution in [-0.4, -0.2) is 77.3 Å². The highest BCUT2D eigenvalue weighted by Gasteiger charge is 2.28. The van der Waals surface area contributed by atoms with Crippen LogP contribution >= 0.6 is 0 Å². The van der Waals surface area contributed by atoms with E-state index in [0.717, 1.165) is 46.3 Å². The molecule has 4 aliphatic rings. The van der Waals surface area contributed by atoms with Crippen molar-refractivity contribution in [2.24, 2.45) is 0 Å². The fraction of sp³-hybridized carbons (Fsp3) is 0.375. The fourth-order valence-corrected chi connectivity index (χ4v) is 4.62. The maximum atomic E-state index is 6.87. The fourth-order valence-electron chi connectivity index (χ4n) is 4.62. The molecule has 0 bridgehead atoms. The average molecular weight is 559 g/mol. The van der Waals surface area contributed by atoms with Crippen molar-refractivity contribution in [3.63, 3.8) is 0 Å². The molecule has 4 fully saturated rings. The highest BCUT2D eigenvalue weighted by atomic mass is 16.6. The molecule has 0 spiro atoms. The van der Waals surface area contributed by atoms with Crippen LogP contribution in [0.2, 0.25) is 0 Å². The van der Waals surface area contributed by atoms with E-state index in [2.05, 4.69) is 0 Å². The molecule has 0 amide bonds. The van der Waals surface area contributed by atoms with Crippen LogP contribution in [0.1, 0.15) is 0 Å². The van der Waals surface area contributed by atoms with Crippen LogP contribution in [0.15, 0.2) is 60.7 Å². The van der Waals surface area contributed by atoms with E-state index in [9.17, 15) is 0 Å². The van der Waals surface area contributed by atoms with Gasteiger partial charge in [0.25, 0.3) is 0 Å². The minimum atomic E-state index is 0.0944. The van der Waals surface area contributed by atoms with Gasteiger partial charge in [0.05, 0.1) is 26.4 Å². The Labute approximate surface area is 236 Å². The molecule has 0 N–H and O–H groups in total. The van der Waals surface area contributed by atoms with E-state index in [4.69, 9.17) is 42.6 Å². The Hall–Kier alpha value is -3.76. The number of fused-ring (bicyclic) bond motifs is 2. The molecule has 41 heavy (non-hydrogen) atoms. The standard InChI is InChI=1S/C32H30O9/c1-5-21(33-11-23-13-35-23)9-27-19(1)3-7-29(39-17-25-15-37-25)31(27)41-32-28-10-22(34-12-24-14-36-24)6-2-20(28)4-8-30(32)40-18-26-16-38-26/h1-10,23-26H,11-18H2. The maximum absolute atomic E-state index is 6.87. The summed E-state index contributed by atoms with van der Waals surface area (Å²) in [7, 11) is 0. The molecular formula is C32H30O9. The van der Waals surface area contributed by atoms with E-state index in [1.807, 2.05) is 60.7 Å². The summed E-state index contributed by atoms with van der Waals surface area (Å²) in [5.41, 5.74) is 0. The van der Waals surface area contributed by atoms with Crippen LogP contribution in [0.5, 0.6) is 34.5 Å². The summed E-state index contributed by atoms with van der Waals surface area (Å²) in [4.78, 5) is 0. The maximum Gasteiger partial charge on any atom is 0.177 e. The van der Waals surface area contributed by atoms with E-state index in [1.54, 1.807) is 0 Å². The number of epoxide rings is 4. The Kier molecular flexibility index (Phi) is 6.44. The first-order valence-electron chi connectivity index (χ1n) is 14.0.